The minimum Gasteiger partial charge on any atom is -0.352 e. The van der Waals surface area contributed by atoms with Crippen molar-refractivity contribution in [2.45, 2.75) is 19.8 Å². The van der Waals surface area contributed by atoms with Gasteiger partial charge in [-0.2, -0.15) is 0 Å². The Balaban J connectivity index is 1.95. The largest absolute Gasteiger partial charge is 0.352 e. The van der Waals surface area contributed by atoms with Gasteiger partial charge in [-0.3, -0.25) is 9.52 Å². The number of amides is 1. The highest BCUT2D eigenvalue weighted by molar-refractivity contribution is 7.92. The Morgan fingerprint density at radius 3 is 2.82 bits per heavy atom. The zero-order valence-electron chi connectivity index (χ0n) is 13.0. The molecule has 1 heterocycles. The highest BCUT2D eigenvalue weighted by Gasteiger charge is 2.15. The summed E-state index contributed by atoms with van der Waals surface area (Å²) in [4.78, 5) is 12.1. The molecule has 2 rings (SSSR count). The van der Waals surface area contributed by atoms with Crippen LogP contribution in [0.3, 0.4) is 0 Å². The van der Waals surface area contributed by atoms with Crippen LogP contribution in [0.25, 0.3) is 0 Å². The van der Waals surface area contributed by atoms with E-state index in [1.54, 1.807) is 25.1 Å². The van der Waals surface area contributed by atoms with Crippen molar-refractivity contribution in [1.82, 2.24) is 10.6 Å². The first-order valence-electron chi connectivity index (χ1n) is 7.42. The molecule has 1 aliphatic heterocycles. The second-order valence-electron chi connectivity index (χ2n) is 5.81. The van der Waals surface area contributed by atoms with Gasteiger partial charge in [0.25, 0.3) is 5.91 Å². The Morgan fingerprint density at radius 2 is 2.18 bits per heavy atom. The van der Waals surface area contributed by atoms with Crippen molar-refractivity contribution in [3.63, 3.8) is 0 Å². The van der Waals surface area contributed by atoms with Gasteiger partial charge in [-0.05, 0) is 56.5 Å². The molecule has 0 spiro atoms. The van der Waals surface area contributed by atoms with Crippen LogP contribution >= 0.6 is 0 Å². The van der Waals surface area contributed by atoms with Crippen molar-refractivity contribution >= 4 is 21.6 Å². The van der Waals surface area contributed by atoms with Gasteiger partial charge >= 0.3 is 0 Å². The molecule has 1 saturated heterocycles. The lowest BCUT2D eigenvalue weighted by molar-refractivity contribution is 0.0951. The number of sulfonamides is 1. The van der Waals surface area contributed by atoms with Gasteiger partial charge in [-0.15, -0.1) is 0 Å². The molecule has 1 fully saturated rings. The summed E-state index contributed by atoms with van der Waals surface area (Å²) in [6.07, 6.45) is 3.21. The molecule has 0 saturated carbocycles. The summed E-state index contributed by atoms with van der Waals surface area (Å²) < 4.78 is 25.1. The molecule has 3 N–H and O–H groups in total. The normalized spacial score (nSPS) is 18.2. The number of hydrogen-bond donors (Lipinski definition) is 3. The van der Waals surface area contributed by atoms with Crippen LogP contribution in [-0.2, 0) is 10.0 Å². The van der Waals surface area contributed by atoms with Gasteiger partial charge in [0.2, 0.25) is 10.0 Å². The second kappa shape index (κ2) is 7.11. The predicted molar refractivity (Wildman–Crippen MR) is 87.6 cm³/mol. The van der Waals surface area contributed by atoms with Gasteiger partial charge in [0, 0.05) is 12.1 Å². The first-order chi connectivity index (χ1) is 10.3. The maximum atomic E-state index is 12.1. The summed E-state index contributed by atoms with van der Waals surface area (Å²) in [6.45, 7) is 4.50. The van der Waals surface area contributed by atoms with E-state index in [1.165, 1.54) is 0 Å². The molecule has 0 bridgehead atoms. The molecule has 1 atom stereocenters. The Hall–Kier alpha value is -1.60. The van der Waals surface area contributed by atoms with Crippen molar-refractivity contribution in [2.75, 3.05) is 30.6 Å². The topological polar surface area (TPSA) is 87.3 Å². The molecule has 0 aliphatic carbocycles. The fourth-order valence-corrected chi connectivity index (χ4v) is 3.15. The van der Waals surface area contributed by atoms with Crippen LogP contribution in [0.1, 0.15) is 28.8 Å². The minimum atomic E-state index is -3.36. The van der Waals surface area contributed by atoms with E-state index in [0.29, 0.717) is 23.7 Å². The van der Waals surface area contributed by atoms with Crippen molar-refractivity contribution in [1.29, 1.82) is 0 Å². The molecule has 22 heavy (non-hydrogen) atoms. The standard InChI is InChI=1S/C15H23N3O3S/c1-11-3-4-13(9-14(11)18-22(2,20)21)15(19)17-8-6-12-5-7-16-10-12/h3-4,9,12,16,18H,5-8,10H2,1-2H3,(H,17,19). The first-order valence-corrected chi connectivity index (χ1v) is 9.31. The molecule has 122 valence electrons. The van der Waals surface area contributed by atoms with Gasteiger partial charge in [-0.1, -0.05) is 6.07 Å². The van der Waals surface area contributed by atoms with Gasteiger partial charge in [0.1, 0.15) is 0 Å². The second-order valence-corrected chi connectivity index (χ2v) is 7.56. The number of rotatable bonds is 6. The zero-order chi connectivity index (χ0) is 16.2. The van der Waals surface area contributed by atoms with E-state index >= 15 is 0 Å². The SMILES string of the molecule is Cc1ccc(C(=O)NCCC2CCNC2)cc1NS(C)(=O)=O. The Kier molecular flexibility index (Phi) is 5.42. The summed E-state index contributed by atoms with van der Waals surface area (Å²) >= 11 is 0. The zero-order valence-corrected chi connectivity index (χ0v) is 13.8. The number of carbonyl (C=O) groups excluding carboxylic acids is 1. The summed E-state index contributed by atoms with van der Waals surface area (Å²) in [5.74, 6) is 0.447. The Bertz CT molecular complexity index is 637. The highest BCUT2D eigenvalue weighted by Crippen LogP contribution is 2.18. The number of hydrogen-bond acceptors (Lipinski definition) is 4. The molecule has 1 aromatic rings. The summed E-state index contributed by atoms with van der Waals surface area (Å²) in [7, 11) is -3.36. The van der Waals surface area contributed by atoms with Gasteiger partial charge < -0.3 is 10.6 Å². The number of anilines is 1. The van der Waals surface area contributed by atoms with Gasteiger partial charge in [0.05, 0.1) is 11.9 Å². The summed E-state index contributed by atoms with van der Waals surface area (Å²) in [5.41, 5.74) is 1.68. The lowest BCUT2D eigenvalue weighted by Gasteiger charge is -2.12. The average Bonchev–Trinajstić information content (AvgIpc) is 2.93. The molecule has 6 nitrogen and oxygen atoms in total. The van der Waals surface area contributed by atoms with Crippen LogP contribution in [0.15, 0.2) is 18.2 Å². The van der Waals surface area contributed by atoms with E-state index in [4.69, 9.17) is 0 Å². The third kappa shape index (κ3) is 4.99. The fourth-order valence-electron chi connectivity index (χ4n) is 2.53. The Labute approximate surface area is 131 Å². The lowest BCUT2D eigenvalue weighted by atomic mass is 10.1. The van der Waals surface area contributed by atoms with Crippen LogP contribution < -0.4 is 15.4 Å². The highest BCUT2D eigenvalue weighted by atomic mass is 32.2. The summed E-state index contributed by atoms with van der Waals surface area (Å²) in [5, 5.41) is 6.19. The third-order valence-corrected chi connectivity index (χ3v) is 4.39. The lowest BCUT2D eigenvalue weighted by Crippen LogP contribution is -2.26. The Morgan fingerprint density at radius 1 is 1.41 bits per heavy atom. The van der Waals surface area contributed by atoms with E-state index in [0.717, 1.165) is 37.8 Å². The number of nitrogens with one attached hydrogen (secondary N) is 3. The van der Waals surface area contributed by atoms with E-state index in [-0.39, 0.29) is 5.91 Å². The maximum Gasteiger partial charge on any atom is 0.251 e. The van der Waals surface area contributed by atoms with E-state index in [1.807, 2.05) is 0 Å². The van der Waals surface area contributed by atoms with Crippen LogP contribution in [0.5, 0.6) is 0 Å². The van der Waals surface area contributed by atoms with E-state index < -0.39 is 10.0 Å². The minimum absolute atomic E-state index is 0.178. The number of benzene rings is 1. The first kappa shape index (κ1) is 16.8. The fraction of sp³-hybridized carbons (Fsp3) is 0.533. The van der Waals surface area contributed by atoms with Crippen molar-refractivity contribution in [3.8, 4) is 0 Å². The third-order valence-electron chi connectivity index (χ3n) is 3.80. The smallest absolute Gasteiger partial charge is 0.251 e. The van der Waals surface area contributed by atoms with E-state index in [9.17, 15) is 13.2 Å². The molecular weight excluding hydrogens is 302 g/mol. The number of aryl methyl sites for hydroxylation is 1. The van der Waals surface area contributed by atoms with Crippen molar-refractivity contribution in [2.24, 2.45) is 5.92 Å². The van der Waals surface area contributed by atoms with Crippen LogP contribution in [0.2, 0.25) is 0 Å². The predicted octanol–water partition coefficient (Wildman–Crippen LogP) is 1.10. The van der Waals surface area contributed by atoms with Gasteiger partial charge in [-0.25, -0.2) is 8.42 Å². The van der Waals surface area contributed by atoms with E-state index in [2.05, 4.69) is 15.4 Å². The quantitative estimate of drug-likeness (QED) is 0.731. The molecule has 1 unspecified atom stereocenters. The summed E-state index contributed by atoms with van der Waals surface area (Å²) in [6, 6.07) is 5.02. The number of carbonyl (C=O) groups is 1. The van der Waals surface area contributed by atoms with Crippen LogP contribution in [0, 0.1) is 12.8 Å². The van der Waals surface area contributed by atoms with Crippen LogP contribution in [-0.4, -0.2) is 40.2 Å². The molecule has 0 radical (unpaired) electrons. The van der Waals surface area contributed by atoms with Crippen molar-refractivity contribution < 1.29 is 13.2 Å². The molecular formula is C15H23N3O3S. The molecule has 1 aliphatic rings. The molecule has 0 aromatic heterocycles. The molecule has 1 amide bonds. The molecule has 1 aromatic carbocycles. The van der Waals surface area contributed by atoms with Gasteiger partial charge in [0.15, 0.2) is 0 Å². The van der Waals surface area contributed by atoms with Crippen LogP contribution in [0.4, 0.5) is 5.69 Å². The average molecular weight is 325 g/mol. The monoisotopic (exact) mass is 325 g/mol. The van der Waals surface area contributed by atoms with Crippen molar-refractivity contribution in [3.05, 3.63) is 29.3 Å². The molecule has 7 heteroatoms. The maximum absolute atomic E-state index is 12.1.